The Morgan fingerprint density at radius 1 is 1.20 bits per heavy atom. The molecule has 0 atom stereocenters. The zero-order valence-corrected chi connectivity index (χ0v) is 9.92. The molecular formula is C11H21N3O. The minimum Gasteiger partial charge on any atom is -0.273 e. The Kier molecular flexibility index (Phi) is 4.24. The summed E-state index contributed by atoms with van der Waals surface area (Å²) in [5, 5.41) is 7.73. The number of amides is 1. The summed E-state index contributed by atoms with van der Waals surface area (Å²) in [6, 6.07) is 0. The Morgan fingerprint density at radius 2 is 1.80 bits per heavy atom. The molecule has 0 radical (unpaired) electrons. The summed E-state index contributed by atoms with van der Waals surface area (Å²) in [5.41, 5.74) is 2.31. The first-order chi connectivity index (χ1) is 6.99. The van der Waals surface area contributed by atoms with Gasteiger partial charge in [-0.2, -0.15) is 5.11 Å². The van der Waals surface area contributed by atoms with Gasteiger partial charge in [0, 0.05) is 5.92 Å². The number of nitrogens with one attached hydrogen (secondary N) is 1. The summed E-state index contributed by atoms with van der Waals surface area (Å²) in [6.07, 6.45) is 5.57. The van der Waals surface area contributed by atoms with Gasteiger partial charge in [-0.05, 0) is 33.6 Å². The topological polar surface area (TPSA) is 53.8 Å². The first kappa shape index (κ1) is 12.1. The van der Waals surface area contributed by atoms with E-state index in [0.717, 1.165) is 25.7 Å². The van der Waals surface area contributed by atoms with Crippen LogP contribution in [0.3, 0.4) is 0 Å². The Morgan fingerprint density at radius 3 is 2.33 bits per heavy atom. The lowest BCUT2D eigenvalue weighted by Crippen LogP contribution is -2.28. The second-order valence-electron chi connectivity index (χ2n) is 5.18. The van der Waals surface area contributed by atoms with E-state index in [1.54, 1.807) is 0 Å². The van der Waals surface area contributed by atoms with Crippen LogP contribution in [0.15, 0.2) is 10.3 Å². The molecule has 0 spiro atoms. The van der Waals surface area contributed by atoms with E-state index in [2.05, 4.69) is 15.8 Å². The maximum Gasteiger partial charge on any atom is 0.244 e. The average molecular weight is 211 g/mol. The molecule has 1 fully saturated rings. The summed E-state index contributed by atoms with van der Waals surface area (Å²) < 4.78 is 0. The van der Waals surface area contributed by atoms with Crippen LogP contribution in [0.2, 0.25) is 0 Å². The Bertz CT molecular complexity index is 237. The second kappa shape index (κ2) is 5.24. The molecule has 0 heterocycles. The number of hydrogen-bond donors (Lipinski definition) is 1. The van der Waals surface area contributed by atoms with E-state index >= 15 is 0 Å². The smallest absolute Gasteiger partial charge is 0.244 e. The number of carbonyl (C=O) groups is 1. The van der Waals surface area contributed by atoms with Crippen molar-refractivity contribution in [1.29, 1.82) is 0 Å². The highest BCUT2D eigenvalue weighted by molar-refractivity contribution is 5.78. The van der Waals surface area contributed by atoms with Crippen molar-refractivity contribution in [3.8, 4) is 0 Å². The molecule has 0 aromatic rings. The van der Waals surface area contributed by atoms with E-state index in [0.29, 0.717) is 0 Å². The van der Waals surface area contributed by atoms with Crippen molar-refractivity contribution in [1.82, 2.24) is 5.43 Å². The van der Waals surface area contributed by atoms with E-state index in [9.17, 15) is 4.79 Å². The van der Waals surface area contributed by atoms with Gasteiger partial charge in [0.05, 0.1) is 5.54 Å². The fourth-order valence-corrected chi connectivity index (χ4v) is 1.68. The number of rotatable bonds is 2. The van der Waals surface area contributed by atoms with Crippen molar-refractivity contribution in [3.63, 3.8) is 0 Å². The van der Waals surface area contributed by atoms with Crippen LogP contribution in [0.5, 0.6) is 0 Å². The highest BCUT2D eigenvalue weighted by Gasteiger charge is 2.20. The highest BCUT2D eigenvalue weighted by Crippen LogP contribution is 2.23. The van der Waals surface area contributed by atoms with Crippen LogP contribution in [-0.2, 0) is 4.79 Å². The molecule has 1 saturated carbocycles. The van der Waals surface area contributed by atoms with E-state index in [1.807, 2.05) is 20.8 Å². The van der Waals surface area contributed by atoms with E-state index in [1.165, 1.54) is 6.42 Å². The largest absolute Gasteiger partial charge is 0.273 e. The normalized spacial score (nSPS) is 19.4. The quantitative estimate of drug-likeness (QED) is 0.554. The second-order valence-corrected chi connectivity index (χ2v) is 5.18. The van der Waals surface area contributed by atoms with Gasteiger partial charge >= 0.3 is 0 Å². The van der Waals surface area contributed by atoms with Crippen molar-refractivity contribution in [3.05, 3.63) is 0 Å². The maximum atomic E-state index is 11.6. The fourth-order valence-electron chi connectivity index (χ4n) is 1.68. The van der Waals surface area contributed by atoms with Crippen LogP contribution in [0, 0.1) is 5.92 Å². The molecule has 86 valence electrons. The molecule has 4 nitrogen and oxygen atoms in total. The van der Waals surface area contributed by atoms with Crippen molar-refractivity contribution < 1.29 is 4.79 Å². The Balaban J connectivity index is 2.32. The zero-order valence-electron chi connectivity index (χ0n) is 9.92. The molecule has 1 rings (SSSR count). The average Bonchev–Trinajstić information content (AvgIpc) is 2.17. The molecule has 1 N–H and O–H groups in total. The van der Waals surface area contributed by atoms with Crippen LogP contribution >= 0.6 is 0 Å². The van der Waals surface area contributed by atoms with Gasteiger partial charge < -0.3 is 0 Å². The number of carbonyl (C=O) groups excluding carboxylic acids is 1. The SMILES string of the molecule is CC(C)(C)N=NNC(=O)C1CCCCC1. The van der Waals surface area contributed by atoms with Crippen LogP contribution < -0.4 is 5.43 Å². The third-order valence-corrected chi connectivity index (χ3v) is 2.49. The van der Waals surface area contributed by atoms with Crippen LogP contribution in [-0.4, -0.2) is 11.4 Å². The Hall–Kier alpha value is -0.930. The summed E-state index contributed by atoms with van der Waals surface area (Å²) in [7, 11) is 0. The molecule has 0 unspecified atom stereocenters. The molecule has 1 aliphatic rings. The number of hydrogen-bond acceptors (Lipinski definition) is 3. The van der Waals surface area contributed by atoms with E-state index in [4.69, 9.17) is 0 Å². The first-order valence-corrected chi connectivity index (χ1v) is 5.71. The van der Waals surface area contributed by atoms with E-state index < -0.39 is 0 Å². The third kappa shape index (κ3) is 4.91. The third-order valence-electron chi connectivity index (χ3n) is 2.49. The van der Waals surface area contributed by atoms with Crippen LogP contribution in [0.25, 0.3) is 0 Å². The molecule has 0 aliphatic heterocycles. The van der Waals surface area contributed by atoms with Gasteiger partial charge in [-0.15, -0.1) is 0 Å². The summed E-state index contributed by atoms with van der Waals surface area (Å²) in [5.74, 6) is 0.181. The van der Waals surface area contributed by atoms with Gasteiger partial charge in [-0.1, -0.05) is 24.5 Å². The highest BCUT2D eigenvalue weighted by atomic mass is 16.2. The van der Waals surface area contributed by atoms with Crippen molar-refractivity contribution in [2.24, 2.45) is 16.3 Å². The molecule has 1 amide bonds. The minimum absolute atomic E-state index is 0.0303. The summed E-state index contributed by atoms with van der Waals surface area (Å²) in [6.45, 7) is 5.84. The zero-order chi connectivity index (χ0) is 11.3. The first-order valence-electron chi connectivity index (χ1n) is 5.71. The molecule has 0 aromatic heterocycles. The van der Waals surface area contributed by atoms with Gasteiger partial charge in [-0.25, -0.2) is 5.43 Å². The Labute approximate surface area is 91.5 Å². The predicted octanol–water partition coefficient (Wildman–Crippen LogP) is 2.85. The van der Waals surface area contributed by atoms with Gasteiger partial charge in [0.1, 0.15) is 0 Å². The predicted molar refractivity (Wildman–Crippen MR) is 59.3 cm³/mol. The van der Waals surface area contributed by atoms with E-state index in [-0.39, 0.29) is 17.4 Å². The molecule has 0 saturated heterocycles. The maximum absolute atomic E-state index is 11.6. The molecular weight excluding hydrogens is 190 g/mol. The lowest BCUT2D eigenvalue weighted by molar-refractivity contribution is -0.126. The minimum atomic E-state index is -0.222. The molecule has 1 aliphatic carbocycles. The van der Waals surface area contributed by atoms with Gasteiger partial charge in [0.15, 0.2) is 0 Å². The summed E-state index contributed by atoms with van der Waals surface area (Å²) >= 11 is 0. The molecule has 4 heteroatoms. The van der Waals surface area contributed by atoms with Crippen LogP contribution in [0.4, 0.5) is 0 Å². The lowest BCUT2D eigenvalue weighted by atomic mass is 9.89. The van der Waals surface area contributed by atoms with Gasteiger partial charge in [-0.3, -0.25) is 4.79 Å². The molecule has 0 bridgehead atoms. The fraction of sp³-hybridized carbons (Fsp3) is 0.909. The standard InChI is InChI=1S/C11H21N3O/c1-11(2,3)13-14-12-10(15)9-7-5-4-6-8-9/h9H,4-8H2,1-3H3,(H,12,13,15). The molecule has 15 heavy (non-hydrogen) atoms. The number of nitrogens with zero attached hydrogens (tertiary/aromatic N) is 2. The van der Waals surface area contributed by atoms with Gasteiger partial charge in [0.2, 0.25) is 5.91 Å². The van der Waals surface area contributed by atoms with Crippen molar-refractivity contribution in [2.75, 3.05) is 0 Å². The van der Waals surface area contributed by atoms with Crippen molar-refractivity contribution in [2.45, 2.75) is 58.4 Å². The van der Waals surface area contributed by atoms with Crippen LogP contribution in [0.1, 0.15) is 52.9 Å². The summed E-state index contributed by atoms with van der Waals surface area (Å²) in [4.78, 5) is 11.6. The lowest BCUT2D eigenvalue weighted by Gasteiger charge is -2.19. The monoisotopic (exact) mass is 211 g/mol. The van der Waals surface area contributed by atoms with Crippen molar-refractivity contribution >= 4 is 5.91 Å². The molecule has 0 aromatic carbocycles. The van der Waals surface area contributed by atoms with Gasteiger partial charge in [0.25, 0.3) is 0 Å².